The van der Waals surface area contributed by atoms with E-state index in [4.69, 9.17) is 5.73 Å². The summed E-state index contributed by atoms with van der Waals surface area (Å²) in [5, 5.41) is 3.07. The minimum atomic E-state index is -0.0460. The second-order valence-electron chi connectivity index (χ2n) is 8.24. The van der Waals surface area contributed by atoms with E-state index in [-0.39, 0.29) is 11.9 Å². The Hall–Kier alpha value is -2.69. The number of amides is 1. The minimum absolute atomic E-state index is 0.0460. The van der Waals surface area contributed by atoms with Crippen LogP contribution in [0.1, 0.15) is 43.5 Å². The van der Waals surface area contributed by atoms with Gasteiger partial charge in [0, 0.05) is 30.1 Å². The van der Waals surface area contributed by atoms with Crippen molar-refractivity contribution in [2.45, 2.75) is 33.1 Å². The summed E-state index contributed by atoms with van der Waals surface area (Å²) in [6.07, 6.45) is 9.19. The van der Waals surface area contributed by atoms with Crippen LogP contribution in [-0.2, 0) is 0 Å². The number of aromatic nitrogens is 2. The van der Waals surface area contributed by atoms with Crippen LogP contribution < -0.4 is 11.1 Å². The highest BCUT2D eigenvalue weighted by Gasteiger charge is 2.50. The number of hydrogen-bond acceptors (Lipinski definition) is 4. The van der Waals surface area contributed by atoms with Crippen molar-refractivity contribution in [3.05, 3.63) is 53.9 Å². The van der Waals surface area contributed by atoms with Crippen LogP contribution >= 0.6 is 0 Å². The zero-order valence-corrected chi connectivity index (χ0v) is 15.9. The lowest BCUT2D eigenvalue weighted by Gasteiger charge is -2.56. The molecule has 5 rings (SSSR count). The van der Waals surface area contributed by atoms with Gasteiger partial charge in [0.15, 0.2) is 0 Å². The van der Waals surface area contributed by atoms with Crippen LogP contribution in [0.15, 0.2) is 48.3 Å². The number of carbonyl (C=O) groups excluding carboxylic acids is 1. The number of nitrogens with one attached hydrogen (secondary N) is 1. The Morgan fingerprint density at radius 3 is 2.74 bits per heavy atom. The monoisotopic (exact) mass is 362 g/mol. The van der Waals surface area contributed by atoms with E-state index in [1.165, 1.54) is 18.4 Å². The molecule has 3 aliphatic rings. The standard InChI is InChI=1S/C22H26N4O/c1-22(2)18-7-6-14(19(22)11-18)8-9-24-20(27)16-5-3-4-15(10-16)17-12-25-21(23)26-13-17/h3-6,10,12-13,18-19H,7-9,11H2,1-2H3,(H,24,27)(H2,23,25,26)/t18-,19-/m0/s1. The molecule has 27 heavy (non-hydrogen) atoms. The predicted octanol–water partition coefficient (Wildman–Crippen LogP) is 3.84. The van der Waals surface area contributed by atoms with E-state index in [1.807, 2.05) is 24.3 Å². The molecule has 1 heterocycles. The van der Waals surface area contributed by atoms with Crippen molar-refractivity contribution in [2.24, 2.45) is 17.3 Å². The first kappa shape index (κ1) is 17.7. The third kappa shape index (κ3) is 3.34. The van der Waals surface area contributed by atoms with Gasteiger partial charge in [0.2, 0.25) is 5.95 Å². The number of carbonyl (C=O) groups is 1. The molecule has 1 fully saturated rings. The van der Waals surface area contributed by atoms with E-state index in [1.54, 1.807) is 12.4 Å². The molecule has 3 N–H and O–H groups in total. The van der Waals surface area contributed by atoms with Gasteiger partial charge in [-0.1, -0.05) is 37.6 Å². The van der Waals surface area contributed by atoms with Gasteiger partial charge in [0.25, 0.3) is 5.91 Å². The largest absolute Gasteiger partial charge is 0.368 e. The van der Waals surface area contributed by atoms with Crippen molar-refractivity contribution in [2.75, 3.05) is 12.3 Å². The van der Waals surface area contributed by atoms with E-state index in [0.29, 0.717) is 23.4 Å². The first-order chi connectivity index (χ1) is 12.9. The molecular formula is C22H26N4O. The average Bonchev–Trinajstić information content (AvgIpc) is 2.68. The van der Waals surface area contributed by atoms with Crippen LogP contribution in [0.2, 0.25) is 0 Å². The Balaban J connectivity index is 1.37. The highest BCUT2D eigenvalue weighted by molar-refractivity contribution is 5.95. The predicted molar refractivity (Wildman–Crippen MR) is 107 cm³/mol. The molecule has 0 spiro atoms. The van der Waals surface area contributed by atoms with Crippen molar-refractivity contribution in [3.8, 4) is 11.1 Å². The molecule has 1 saturated carbocycles. The van der Waals surface area contributed by atoms with Crippen LogP contribution in [0.3, 0.4) is 0 Å². The van der Waals surface area contributed by atoms with Gasteiger partial charge < -0.3 is 11.1 Å². The van der Waals surface area contributed by atoms with Crippen LogP contribution in [0, 0.1) is 17.3 Å². The quantitative estimate of drug-likeness (QED) is 0.792. The van der Waals surface area contributed by atoms with Crippen molar-refractivity contribution >= 4 is 11.9 Å². The number of hydrogen-bond donors (Lipinski definition) is 2. The Kier molecular flexibility index (Phi) is 4.46. The SMILES string of the molecule is CC1(C)[C@H]2CC=C(CCNC(=O)c3cccc(-c4cnc(N)nc4)c3)[C@@H]1C2. The molecule has 2 bridgehead atoms. The Morgan fingerprint density at radius 2 is 2.04 bits per heavy atom. The second-order valence-corrected chi connectivity index (χ2v) is 8.24. The lowest BCUT2D eigenvalue weighted by molar-refractivity contribution is -0.00811. The van der Waals surface area contributed by atoms with Crippen molar-refractivity contribution in [1.82, 2.24) is 15.3 Å². The van der Waals surface area contributed by atoms with Crippen LogP contribution in [-0.4, -0.2) is 22.4 Å². The molecule has 2 atom stereocenters. The summed E-state index contributed by atoms with van der Waals surface area (Å²) in [6, 6.07) is 7.51. The fourth-order valence-corrected chi connectivity index (χ4v) is 4.51. The van der Waals surface area contributed by atoms with Crippen molar-refractivity contribution < 1.29 is 4.79 Å². The molecule has 1 aromatic carbocycles. The fraction of sp³-hybridized carbons (Fsp3) is 0.409. The van der Waals surface area contributed by atoms with E-state index in [9.17, 15) is 4.79 Å². The summed E-state index contributed by atoms with van der Waals surface area (Å²) in [4.78, 5) is 20.6. The molecule has 0 saturated heterocycles. The molecule has 3 aliphatic carbocycles. The molecule has 5 heteroatoms. The molecule has 1 amide bonds. The molecule has 2 aromatic rings. The maximum absolute atomic E-state index is 12.6. The summed E-state index contributed by atoms with van der Waals surface area (Å²) in [5.41, 5.74) is 9.88. The van der Waals surface area contributed by atoms with Crippen LogP contribution in [0.25, 0.3) is 11.1 Å². The Morgan fingerprint density at radius 1 is 1.26 bits per heavy atom. The molecule has 1 aromatic heterocycles. The maximum Gasteiger partial charge on any atom is 0.251 e. The third-order valence-electron chi connectivity index (χ3n) is 6.41. The van der Waals surface area contributed by atoms with Gasteiger partial charge in [-0.2, -0.15) is 0 Å². The zero-order valence-electron chi connectivity index (χ0n) is 15.9. The number of nitrogen functional groups attached to an aromatic ring is 1. The number of anilines is 1. The summed E-state index contributed by atoms with van der Waals surface area (Å²) in [7, 11) is 0. The van der Waals surface area contributed by atoms with Crippen LogP contribution in [0.4, 0.5) is 5.95 Å². The van der Waals surface area contributed by atoms with Gasteiger partial charge in [0.1, 0.15) is 0 Å². The van der Waals surface area contributed by atoms with Crippen molar-refractivity contribution in [3.63, 3.8) is 0 Å². The van der Waals surface area contributed by atoms with E-state index >= 15 is 0 Å². The zero-order chi connectivity index (χ0) is 19.0. The number of nitrogens with zero attached hydrogens (tertiary/aromatic N) is 2. The van der Waals surface area contributed by atoms with Gasteiger partial charge in [-0.3, -0.25) is 4.79 Å². The normalized spacial score (nSPS) is 22.5. The number of rotatable bonds is 5. The van der Waals surface area contributed by atoms with Crippen molar-refractivity contribution in [1.29, 1.82) is 0 Å². The molecule has 140 valence electrons. The summed E-state index contributed by atoms with van der Waals surface area (Å²) < 4.78 is 0. The summed E-state index contributed by atoms with van der Waals surface area (Å²) in [6.45, 7) is 5.44. The molecular weight excluding hydrogens is 336 g/mol. The smallest absolute Gasteiger partial charge is 0.251 e. The molecule has 5 nitrogen and oxygen atoms in total. The van der Waals surface area contributed by atoms with Gasteiger partial charge in [-0.05, 0) is 54.2 Å². The van der Waals surface area contributed by atoms with E-state index in [0.717, 1.165) is 23.5 Å². The van der Waals surface area contributed by atoms with E-state index < -0.39 is 0 Å². The average molecular weight is 362 g/mol. The van der Waals surface area contributed by atoms with E-state index in [2.05, 4.69) is 35.2 Å². The Bertz CT molecular complexity index is 885. The second kappa shape index (κ2) is 6.80. The fourth-order valence-electron chi connectivity index (χ4n) is 4.51. The lowest BCUT2D eigenvalue weighted by atomic mass is 9.48. The van der Waals surface area contributed by atoms with Gasteiger partial charge >= 0.3 is 0 Å². The van der Waals surface area contributed by atoms with Crippen LogP contribution in [0.5, 0.6) is 0 Å². The first-order valence-electron chi connectivity index (χ1n) is 9.60. The summed E-state index contributed by atoms with van der Waals surface area (Å²) >= 11 is 0. The number of nitrogens with two attached hydrogens (primary N) is 1. The highest BCUT2D eigenvalue weighted by atomic mass is 16.1. The highest BCUT2D eigenvalue weighted by Crippen LogP contribution is 2.59. The number of benzene rings is 1. The van der Waals surface area contributed by atoms with Gasteiger partial charge in [-0.15, -0.1) is 0 Å². The topological polar surface area (TPSA) is 80.9 Å². The van der Waals surface area contributed by atoms with Gasteiger partial charge in [-0.25, -0.2) is 9.97 Å². The molecule has 0 unspecified atom stereocenters. The maximum atomic E-state index is 12.6. The first-order valence-corrected chi connectivity index (χ1v) is 9.60. The third-order valence-corrected chi connectivity index (χ3v) is 6.41. The lowest BCUT2D eigenvalue weighted by Crippen LogP contribution is -2.48. The van der Waals surface area contributed by atoms with Gasteiger partial charge in [0.05, 0.1) is 0 Å². The summed E-state index contributed by atoms with van der Waals surface area (Å²) in [5.74, 6) is 1.74. The number of fused-ring (bicyclic) bond motifs is 1. The number of allylic oxidation sites excluding steroid dienone is 1. The Labute approximate surface area is 160 Å². The molecule has 0 radical (unpaired) electrons. The minimum Gasteiger partial charge on any atom is -0.368 e. The molecule has 0 aliphatic heterocycles.